The fourth-order valence-electron chi connectivity index (χ4n) is 1.06. The zero-order valence-electron chi connectivity index (χ0n) is 8.08. The summed E-state index contributed by atoms with van der Waals surface area (Å²) in [6, 6.07) is 0. The summed E-state index contributed by atoms with van der Waals surface area (Å²) in [6.45, 7) is 6.00. The molecule has 0 amide bonds. The zero-order chi connectivity index (χ0) is 9.40. The van der Waals surface area contributed by atoms with Crippen LogP contribution in [0.2, 0.25) is 0 Å². The lowest BCUT2D eigenvalue weighted by molar-refractivity contribution is 0.196. The summed E-state index contributed by atoms with van der Waals surface area (Å²) in [5.41, 5.74) is 0. The molecule has 0 atom stereocenters. The zero-order valence-corrected chi connectivity index (χ0v) is 8.08. The number of piperidine rings is 1. The van der Waals surface area contributed by atoms with E-state index in [4.69, 9.17) is 10.2 Å². The average molecular weight is 175 g/mol. The van der Waals surface area contributed by atoms with Crippen molar-refractivity contribution < 1.29 is 10.2 Å². The number of aliphatic hydroxyl groups is 2. The molecule has 0 aliphatic carbocycles. The van der Waals surface area contributed by atoms with Gasteiger partial charge in [-0.3, -0.25) is 0 Å². The van der Waals surface area contributed by atoms with Gasteiger partial charge in [-0.25, -0.2) is 0 Å². The van der Waals surface area contributed by atoms with Crippen LogP contribution in [0.4, 0.5) is 0 Å². The van der Waals surface area contributed by atoms with Gasteiger partial charge in [0.25, 0.3) is 0 Å². The summed E-state index contributed by atoms with van der Waals surface area (Å²) >= 11 is 0. The number of aliphatic hydroxyl groups excluding tert-OH is 2. The van der Waals surface area contributed by atoms with Gasteiger partial charge in [-0.15, -0.1) is 0 Å². The SMILES string of the molecule is CC(C)O.OCC1CCNCC1. The van der Waals surface area contributed by atoms with Gasteiger partial charge in [-0.05, 0) is 45.7 Å². The van der Waals surface area contributed by atoms with Crippen molar-refractivity contribution >= 4 is 0 Å². The maximum atomic E-state index is 8.66. The van der Waals surface area contributed by atoms with Crippen molar-refractivity contribution in [3.63, 3.8) is 0 Å². The first-order valence-corrected chi connectivity index (χ1v) is 4.66. The van der Waals surface area contributed by atoms with E-state index in [1.54, 1.807) is 13.8 Å². The molecule has 0 radical (unpaired) electrons. The largest absolute Gasteiger partial charge is 0.396 e. The molecule has 12 heavy (non-hydrogen) atoms. The molecular formula is C9H21NO2. The van der Waals surface area contributed by atoms with Crippen LogP contribution in [0.25, 0.3) is 0 Å². The topological polar surface area (TPSA) is 52.5 Å². The average Bonchev–Trinajstić information content (AvgIpc) is 2.05. The van der Waals surface area contributed by atoms with E-state index in [9.17, 15) is 0 Å². The normalized spacial score (nSPS) is 18.8. The highest BCUT2D eigenvalue weighted by Gasteiger charge is 2.09. The molecule has 3 N–H and O–H groups in total. The van der Waals surface area contributed by atoms with Crippen molar-refractivity contribution in [2.45, 2.75) is 32.8 Å². The number of nitrogens with one attached hydrogen (secondary N) is 1. The maximum absolute atomic E-state index is 8.66. The highest BCUT2D eigenvalue weighted by Crippen LogP contribution is 2.08. The Morgan fingerprint density at radius 3 is 2.00 bits per heavy atom. The Balaban J connectivity index is 0.000000261. The lowest BCUT2D eigenvalue weighted by Crippen LogP contribution is -2.29. The van der Waals surface area contributed by atoms with Crippen LogP contribution in [0.15, 0.2) is 0 Å². The van der Waals surface area contributed by atoms with Crippen molar-refractivity contribution in [1.82, 2.24) is 5.32 Å². The van der Waals surface area contributed by atoms with Gasteiger partial charge in [0.1, 0.15) is 0 Å². The molecule has 0 aromatic rings. The monoisotopic (exact) mass is 175 g/mol. The van der Waals surface area contributed by atoms with Crippen LogP contribution < -0.4 is 5.32 Å². The Hall–Kier alpha value is -0.120. The van der Waals surface area contributed by atoms with Gasteiger partial charge < -0.3 is 15.5 Å². The first-order valence-electron chi connectivity index (χ1n) is 4.66. The first-order chi connectivity index (χ1) is 5.66. The minimum atomic E-state index is -0.167. The van der Waals surface area contributed by atoms with Gasteiger partial charge in [0, 0.05) is 12.7 Å². The third kappa shape index (κ3) is 7.98. The minimum Gasteiger partial charge on any atom is -0.396 e. The van der Waals surface area contributed by atoms with Crippen LogP contribution in [0.1, 0.15) is 26.7 Å². The van der Waals surface area contributed by atoms with Crippen LogP contribution in [0, 0.1) is 5.92 Å². The molecule has 1 aliphatic rings. The molecule has 0 aromatic carbocycles. The molecule has 1 rings (SSSR count). The first kappa shape index (κ1) is 11.9. The molecule has 1 fully saturated rings. The molecule has 1 aliphatic heterocycles. The van der Waals surface area contributed by atoms with Crippen LogP contribution in [-0.2, 0) is 0 Å². The van der Waals surface area contributed by atoms with E-state index in [0.29, 0.717) is 12.5 Å². The maximum Gasteiger partial charge on any atom is 0.0483 e. The predicted molar refractivity (Wildman–Crippen MR) is 50.0 cm³/mol. The summed E-state index contributed by atoms with van der Waals surface area (Å²) in [6.07, 6.45) is 2.13. The van der Waals surface area contributed by atoms with Crippen molar-refractivity contribution in [3.8, 4) is 0 Å². The minimum absolute atomic E-state index is 0.167. The lowest BCUT2D eigenvalue weighted by atomic mass is 10.00. The van der Waals surface area contributed by atoms with Crippen LogP contribution >= 0.6 is 0 Å². The van der Waals surface area contributed by atoms with E-state index >= 15 is 0 Å². The van der Waals surface area contributed by atoms with Crippen molar-refractivity contribution in [3.05, 3.63) is 0 Å². The lowest BCUT2D eigenvalue weighted by Gasteiger charge is -2.19. The molecule has 0 spiro atoms. The summed E-state index contributed by atoms with van der Waals surface area (Å²) in [5, 5.41) is 20.0. The summed E-state index contributed by atoms with van der Waals surface area (Å²) in [4.78, 5) is 0. The second-order valence-electron chi connectivity index (χ2n) is 3.47. The van der Waals surface area contributed by atoms with Gasteiger partial charge >= 0.3 is 0 Å². The molecule has 0 unspecified atom stereocenters. The molecule has 0 aromatic heterocycles. The third-order valence-electron chi connectivity index (χ3n) is 1.72. The number of hydrogen-bond donors (Lipinski definition) is 3. The number of hydrogen-bond acceptors (Lipinski definition) is 3. The van der Waals surface area contributed by atoms with Crippen LogP contribution in [0.5, 0.6) is 0 Å². The molecule has 1 saturated heterocycles. The molecule has 3 heteroatoms. The van der Waals surface area contributed by atoms with E-state index in [1.807, 2.05) is 0 Å². The Kier molecular flexibility index (Phi) is 7.45. The van der Waals surface area contributed by atoms with E-state index in [1.165, 1.54) is 0 Å². The molecule has 0 bridgehead atoms. The summed E-state index contributed by atoms with van der Waals surface area (Å²) in [5.74, 6) is 0.580. The van der Waals surface area contributed by atoms with Gasteiger partial charge in [0.05, 0.1) is 0 Å². The van der Waals surface area contributed by atoms with E-state index in [2.05, 4.69) is 5.32 Å². The van der Waals surface area contributed by atoms with Gasteiger partial charge in [0.2, 0.25) is 0 Å². The fraction of sp³-hybridized carbons (Fsp3) is 1.00. The highest BCUT2D eigenvalue weighted by molar-refractivity contribution is 4.66. The van der Waals surface area contributed by atoms with E-state index in [-0.39, 0.29) is 6.10 Å². The number of rotatable bonds is 1. The van der Waals surface area contributed by atoms with Gasteiger partial charge in [-0.2, -0.15) is 0 Å². The second kappa shape index (κ2) is 7.53. The molecular weight excluding hydrogens is 154 g/mol. The molecule has 0 saturated carbocycles. The Bertz CT molecular complexity index is 87.8. The standard InChI is InChI=1S/C6H13NO.C3H8O/c8-5-6-1-3-7-4-2-6;1-3(2)4/h6-8H,1-5H2;3-4H,1-2H3. The Labute approximate surface area is 74.8 Å². The molecule has 74 valence electrons. The quantitative estimate of drug-likeness (QED) is 0.539. The van der Waals surface area contributed by atoms with E-state index < -0.39 is 0 Å². The summed E-state index contributed by atoms with van der Waals surface area (Å²) in [7, 11) is 0. The van der Waals surface area contributed by atoms with Crippen molar-refractivity contribution in [2.24, 2.45) is 5.92 Å². The van der Waals surface area contributed by atoms with Gasteiger partial charge in [-0.1, -0.05) is 0 Å². The highest BCUT2D eigenvalue weighted by atomic mass is 16.3. The van der Waals surface area contributed by atoms with Crippen LogP contribution in [0.3, 0.4) is 0 Å². The fourth-order valence-corrected chi connectivity index (χ4v) is 1.06. The Morgan fingerprint density at radius 2 is 1.75 bits per heavy atom. The van der Waals surface area contributed by atoms with E-state index in [0.717, 1.165) is 25.9 Å². The van der Waals surface area contributed by atoms with Crippen molar-refractivity contribution in [1.29, 1.82) is 0 Å². The second-order valence-corrected chi connectivity index (χ2v) is 3.47. The third-order valence-corrected chi connectivity index (χ3v) is 1.72. The Morgan fingerprint density at radius 1 is 1.33 bits per heavy atom. The van der Waals surface area contributed by atoms with Gasteiger partial charge in [0.15, 0.2) is 0 Å². The molecule has 3 nitrogen and oxygen atoms in total. The van der Waals surface area contributed by atoms with Crippen molar-refractivity contribution in [2.75, 3.05) is 19.7 Å². The summed E-state index contributed by atoms with van der Waals surface area (Å²) < 4.78 is 0. The molecule has 1 heterocycles. The van der Waals surface area contributed by atoms with Crippen LogP contribution in [-0.4, -0.2) is 36.0 Å². The smallest absolute Gasteiger partial charge is 0.0483 e. The predicted octanol–water partition coefficient (Wildman–Crippen LogP) is 0.365.